The van der Waals surface area contributed by atoms with Gasteiger partial charge in [0.25, 0.3) is 5.91 Å². The maximum Gasteiger partial charge on any atom is 0.251 e. The highest BCUT2D eigenvalue weighted by atomic mass is 16.5. The summed E-state index contributed by atoms with van der Waals surface area (Å²) in [5, 5.41) is 2.98. The van der Waals surface area contributed by atoms with Gasteiger partial charge in [0.2, 0.25) is 0 Å². The lowest BCUT2D eigenvalue weighted by atomic mass is 10.1. The zero-order chi connectivity index (χ0) is 15.7. The highest BCUT2D eigenvalue weighted by molar-refractivity contribution is 5.94. The molecule has 1 rings (SSSR count). The van der Waals surface area contributed by atoms with Crippen LogP contribution in [0.1, 0.15) is 56.8 Å². The summed E-state index contributed by atoms with van der Waals surface area (Å²) in [5.74, 6) is 0.721. The molecule has 1 amide bonds. The summed E-state index contributed by atoms with van der Waals surface area (Å²) in [7, 11) is 0. The van der Waals surface area contributed by atoms with Crippen LogP contribution in [-0.2, 0) is 0 Å². The first kappa shape index (κ1) is 17.5. The minimum atomic E-state index is -0.0726. The van der Waals surface area contributed by atoms with Gasteiger partial charge in [0.1, 0.15) is 5.75 Å². The summed E-state index contributed by atoms with van der Waals surface area (Å²) in [6.45, 7) is 6.71. The number of ether oxygens (including phenoxy) is 1. The topological polar surface area (TPSA) is 64.3 Å². The van der Waals surface area contributed by atoms with Gasteiger partial charge >= 0.3 is 0 Å². The van der Waals surface area contributed by atoms with E-state index >= 15 is 0 Å². The Balaban J connectivity index is 2.57. The zero-order valence-electron chi connectivity index (χ0n) is 13.4. The standard InChI is InChI=1S/C17H28N2O2/c1-4-6-7-15(12-18)19-17(20)14-8-10-16(11-9-14)21-13(3)5-2/h8-11,13,15H,4-7,12,18H2,1-3H3,(H,19,20). The van der Waals surface area contributed by atoms with Crippen molar-refractivity contribution in [1.82, 2.24) is 5.32 Å². The van der Waals surface area contributed by atoms with Crippen LogP contribution >= 0.6 is 0 Å². The third-order valence-electron chi connectivity index (χ3n) is 3.55. The van der Waals surface area contributed by atoms with Crippen molar-refractivity contribution in [2.24, 2.45) is 5.73 Å². The molecule has 2 unspecified atom stereocenters. The Hall–Kier alpha value is -1.55. The number of nitrogens with two attached hydrogens (primary N) is 1. The molecule has 1 aromatic rings. The molecule has 1 aromatic carbocycles. The fourth-order valence-electron chi connectivity index (χ4n) is 1.97. The maximum atomic E-state index is 12.2. The van der Waals surface area contributed by atoms with E-state index in [-0.39, 0.29) is 18.1 Å². The van der Waals surface area contributed by atoms with E-state index in [2.05, 4.69) is 19.2 Å². The lowest BCUT2D eigenvalue weighted by Crippen LogP contribution is -2.40. The highest BCUT2D eigenvalue weighted by Gasteiger charge is 2.12. The maximum absolute atomic E-state index is 12.2. The number of benzene rings is 1. The Kier molecular flexibility index (Phi) is 7.83. The minimum Gasteiger partial charge on any atom is -0.491 e. The second-order valence-electron chi connectivity index (χ2n) is 5.41. The Bertz CT molecular complexity index is 417. The zero-order valence-corrected chi connectivity index (χ0v) is 13.4. The van der Waals surface area contributed by atoms with Crippen LogP contribution in [0.25, 0.3) is 0 Å². The van der Waals surface area contributed by atoms with E-state index in [1.165, 1.54) is 0 Å². The molecule has 4 nitrogen and oxygen atoms in total. The first-order chi connectivity index (χ1) is 10.1. The van der Waals surface area contributed by atoms with Crippen LogP contribution in [-0.4, -0.2) is 24.6 Å². The third kappa shape index (κ3) is 6.17. The summed E-state index contributed by atoms with van der Waals surface area (Å²) in [5.41, 5.74) is 6.34. The fraction of sp³-hybridized carbons (Fsp3) is 0.588. The Labute approximate surface area is 128 Å². The molecule has 0 aliphatic heterocycles. The van der Waals surface area contributed by atoms with E-state index < -0.39 is 0 Å². The second-order valence-corrected chi connectivity index (χ2v) is 5.41. The Morgan fingerprint density at radius 2 is 1.95 bits per heavy atom. The van der Waals surface area contributed by atoms with E-state index in [0.717, 1.165) is 31.4 Å². The van der Waals surface area contributed by atoms with Crippen molar-refractivity contribution in [2.45, 2.75) is 58.6 Å². The molecule has 0 saturated heterocycles. The van der Waals surface area contributed by atoms with Crippen LogP contribution in [0.3, 0.4) is 0 Å². The van der Waals surface area contributed by atoms with E-state index in [9.17, 15) is 4.79 Å². The van der Waals surface area contributed by atoms with Crippen molar-refractivity contribution in [3.05, 3.63) is 29.8 Å². The molecule has 0 aromatic heterocycles. The molecule has 118 valence electrons. The minimum absolute atomic E-state index is 0.0495. The molecule has 0 fully saturated rings. The van der Waals surface area contributed by atoms with Crippen LogP contribution < -0.4 is 15.8 Å². The fourth-order valence-corrected chi connectivity index (χ4v) is 1.97. The monoisotopic (exact) mass is 292 g/mol. The highest BCUT2D eigenvalue weighted by Crippen LogP contribution is 2.15. The Morgan fingerprint density at radius 1 is 1.29 bits per heavy atom. The molecule has 0 bridgehead atoms. The second kappa shape index (κ2) is 9.40. The number of carbonyl (C=O) groups excluding carboxylic acids is 1. The number of hydrogen-bond donors (Lipinski definition) is 2. The summed E-state index contributed by atoms with van der Waals surface area (Å²) in [6, 6.07) is 7.31. The van der Waals surface area contributed by atoms with Gasteiger partial charge in [-0.25, -0.2) is 0 Å². The smallest absolute Gasteiger partial charge is 0.251 e. The predicted octanol–water partition coefficient (Wildman–Crippen LogP) is 3.11. The largest absolute Gasteiger partial charge is 0.491 e. The average molecular weight is 292 g/mol. The van der Waals surface area contributed by atoms with Crippen molar-refractivity contribution in [3.63, 3.8) is 0 Å². The van der Waals surface area contributed by atoms with Gasteiger partial charge in [0.05, 0.1) is 6.10 Å². The van der Waals surface area contributed by atoms with Gasteiger partial charge < -0.3 is 15.8 Å². The molecule has 0 heterocycles. The molecule has 0 spiro atoms. The summed E-state index contributed by atoms with van der Waals surface area (Å²) in [6.07, 6.45) is 4.24. The number of hydrogen-bond acceptors (Lipinski definition) is 3. The summed E-state index contributed by atoms with van der Waals surface area (Å²) in [4.78, 5) is 12.2. The van der Waals surface area contributed by atoms with Crippen molar-refractivity contribution >= 4 is 5.91 Å². The molecule has 21 heavy (non-hydrogen) atoms. The van der Waals surface area contributed by atoms with E-state index in [4.69, 9.17) is 10.5 Å². The molecular weight excluding hydrogens is 264 g/mol. The molecule has 4 heteroatoms. The van der Waals surface area contributed by atoms with Gasteiger partial charge in [0, 0.05) is 18.2 Å². The van der Waals surface area contributed by atoms with E-state index in [0.29, 0.717) is 12.1 Å². The average Bonchev–Trinajstić information content (AvgIpc) is 2.51. The van der Waals surface area contributed by atoms with Crippen LogP contribution in [0.5, 0.6) is 5.75 Å². The number of rotatable bonds is 9. The van der Waals surface area contributed by atoms with Crippen LogP contribution in [0, 0.1) is 0 Å². The third-order valence-corrected chi connectivity index (χ3v) is 3.55. The van der Waals surface area contributed by atoms with Crippen molar-refractivity contribution < 1.29 is 9.53 Å². The molecule has 3 N–H and O–H groups in total. The van der Waals surface area contributed by atoms with Gasteiger partial charge in [-0.05, 0) is 44.0 Å². The molecule has 2 atom stereocenters. The van der Waals surface area contributed by atoms with Crippen LogP contribution in [0.15, 0.2) is 24.3 Å². The molecular formula is C17H28N2O2. The van der Waals surface area contributed by atoms with Gasteiger partial charge in [-0.3, -0.25) is 4.79 Å². The summed E-state index contributed by atoms with van der Waals surface area (Å²) >= 11 is 0. The van der Waals surface area contributed by atoms with E-state index in [1.54, 1.807) is 12.1 Å². The first-order valence-corrected chi connectivity index (χ1v) is 7.88. The quantitative estimate of drug-likeness (QED) is 0.735. The lowest BCUT2D eigenvalue weighted by Gasteiger charge is -2.17. The SMILES string of the molecule is CCCCC(CN)NC(=O)c1ccc(OC(C)CC)cc1. The summed E-state index contributed by atoms with van der Waals surface area (Å²) < 4.78 is 5.70. The van der Waals surface area contributed by atoms with Gasteiger partial charge in [-0.1, -0.05) is 26.7 Å². The number of nitrogens with one attached hydrogen (secondary N) is 1. The molecule has 0 radical (unpaired) electrons. The van der Waals surface area contributed by atoms with Gasteiger partial charge in [-0.15, -0.1) is 0 Å². The van der Waals surface area contributed by atoms with Crippen LogP contribution in [0.2, 0.25) is 0 Å². The lowest BCUT2D eigenvalue weighted by molar-refractivity contribution is 0.0935. The van der Waals surface area contributed by atoms with Crippen molar-refractivity contribution in [1.29, 1.82) is 0 Å². The van der Waals surface area contributed by atoms with Crippen molar-refractivity contribution in [2.75, 3.05) is 6.54 Å². The van der Waals surface area contributed by atoms with Gasteiger partial charge in [-0.2, -0.15) is 0 Å². The first-order valence-electron chi connectivity index (χ1n) is 7.88. The van der Waals surface area contributed by atoms with Crippen molar-refractivity contribution in [3.8, 4) is 5.75 Å². The van der Waals surface area contributed by atoms with Crippen LogP contribution in [0.4, 0.5) is 0 Å². The number of carbonyl (C=O) groups is 1. The molecule has 0 saturated carbocycles. The predicted molar refractivity (Wildman–Crippen MR) is 86.7 cm³/mol. The van der Waals surface area contributed by atoms with Gasteiger partial charge in [0.15, 0.2) is 0 Å². The Morgan fingerprint density at radius 3 is 2.48 bits per heavy atom. The number of amides is 1. The molecule has 0 aliphatic rings. The van der Waals surface area contributed by atoms with E-state index in [1.807, 2.05) is 19.1 Å². The molecule has 0 aliphatic carbocycles. The number of unbranched alkanes of at least 4 members (excludes halogenated alkanes) is 1. The normalized spacial score (nSPS) is 13.5.